The van der Waals surface area contributed by atoms with Gasteiger partial charge in [0.2, 0.25) is 0 Å². The zero-order valence-electron chi connectivity index (χ0n) is 35.6. The first-order valence-electron chi connectivity index (χ1n) is 21.4. The molecule has 0 radical (unpaired) electrons. The van der Waals surface area contributed by atoms with Crippen molar-refractivity contribution in [2.24, 2.45) is 5.41 Å². The second-order valence-corrected chi connectivity index (χ2v) is 16.8. The van der Waals surface area contributed by atoms with E-state index in [1.807, 2.05) is 166 Å². The summed E-state index contributed by atoms with van der Waals surface area (Å²) in [7, 11) is 1.57. The standard InChI is InChI=1S/C51H58O11/c1-49(2)50(52)42(35-56-30-37-21-11-5-12-22-37)61-48(46(51(49,50)53)59-33-40-27-17-8-18-28-40)62-43-41(34-55-29-36-19-9-4-10-20-36)60-47(54-3)45(58-32-39-25-15-7-16-26-39)44(43)57-31-38-23-13-6-14-24-38/h4-28,41-48,52-53H,29-35H2,1-3H3/t41-,42-,43-,44+,45-,46+,47-,48+,50-,51+/m1/s1. The summed E-state index contributed by atoms with van der Waals surface area (Å²) in [5.41, 5.74) is 0.0755. The second-order valence-electron chi connectivity index (χ2n) is 16.8. The van der Waals surface area contributed by atoms with Crippen molar-refractivity contribution in [1.82, 2.24) is 0 Å². The highest BCUT2D eigenvalue weighted by Crippen LogP contribution is 2.71. The molecule has 5 aromatic rings. The van der Waals surface area contributed by atoms with Crippen molar-refractivity contribution >= 4 is 0 Å². The Morgan fingerprint density at radius 1 is 0.468 bits per heavy atom. The van der Waals surface area contributed by atoms with Crippen LogP contribution in [0.4, 0.5) is 0 Å². The van der Waals surface area contributed by atoms with Gasteiger partial charge >= 0.3 is 0 Å². The Kier molecular flexibility index (Phi) is 14.3. The van der Waals surface area contributed by atoms with Crippen molar-refractivity contribution in [3.63, 3.8) is 0 Å². The lowest BCUT2D eigenvalue weighted by atomic mass is 9.96. The number of fused-ring (bicyclic) bond motifs is 1. The predicted octanol–water partition coefficient (Wildman–Crippen LogP) is 7.16. The number of hydrogen-bond donors (Lipinski definition) is 2. The number of methoxy groups -OCH3 is 1. The molecule has 10 atom stereocenters. The highest BCUT2D eigenvalue weighted by molar-refractivity contribution is 5.39. The Morgan fingerprint density at radius 3 is 1.35 bits per heavy atom. The Bertz CT molecular complexity index is 2090. The number of ether oxygens (including phenoxy) is 9. The first-order chi connectivity index (χ1) is 30.2. The maximum atomic E-state index is 12.8. The van der Waals surface area contributed by atoms with Crippen LogP contribution in [-0.4, -0.2) is 90.9 Å². The lowest BCUT2D eigenvalue weighted by Gasteiger charge is -2.48. The molecule has 8 rings (SSSR count). The molecule has 0 spiro atoms. The predicted molar refractivity (Wildman–Crippen MR) is 230 cm³/mol. The molecule has 5 aromatic carbocycles. The fourth-order valence-corrected chi connectivity index (χ4v) is 9.01. The molecule has 0 unspecified atom stereocenters. The van der Waals surface area contributed by atoms with E-state index in [9.17, 15) is 10.2 Å². The van der Waals surface area contributed by atoms with Crippen LogP contribution >= 0.6 is 0 Å². The van der Waals surface area contributed by atoms with E-state index in [-0.39, 0.29) is 39.6 Å². The van der Waals surface area contributed by atoms with E-state index in [0.717, 1.165) is 27.8 Å². The molecule has 3 aliphatic rings. The molecule has 62 heavy (non-hydrogen) atoms. The van der Waals surface area contributed by atoms with Crippen molar-refractivity contribution in [3.8, 4) is 0 Å². The van der Waals surface area contributed by atoms with Gasteiger partial charge in [0, 0.05) is 12.5 Å². The van der Waals surface area contributed by atoms with Crippen LogP contribution in [0.15, 0.2) is 152 Å². The zero-order chi connectivity index (χ0) is 43.0. The minimum absolute atomic E-state index is 0.0321. The van der Waals surface area contributed by atoms with Gasteiger partial charge in [-0.2, -0.15) is 0 Å². The number of hydrogen-bond acceptors (Lipinski definition) is 11. The van der Waals surface area contributed by atoms with Crippen molar-refractivity contribution in [2.45, 2.75) is 107 Å². The first kappa shape index (κ1) is 44.3. The molecule has 1 saturated carbocycles. The maximum absolute atomic E-state index is 12.8. The summed E-state index contributed by atoms with van der Waals surface area (Å²) < 4.78 is 59.5. The van der Waals surface area contributed by atoms with E-state index < -0.39 is 65.8 Å². The average molecular weight is 847 g/mol. The summed E-state index contributed by atoms with van der Waals surface area (Å²) in [6.07, 6.45) is -7.64. The van der Waals surface area contributed by atoms with Gasteiger partial charge in [0.1, 0.15) is 47.8 Å². The monoisotopic (exact) mass is 846 g/mol. The Labute approximate surface area is 364 Å². The highest BCUT2D eigenvalue weighted by atomic mass is 16.8. The summed E-state index contributed by atoms with van der Waals surface area (Å²) in [6, 6.07) is 49.0. The summed E-state index contributed by atoms with van der Waals surface area (Å²) >= 11 is 0. The molecule has 0 aromatic heterocycles. The van der Waals surface area contributed by atoms with Crippen molar-refractivity contribution in [1.29, 1.82) is 0 Å². The largest absolute Gasteiger partial charge is 0.383 e. The molecule has 3 fully saturated rings. The van der Waals surface area contributed by atoms with Crippen LogP contribution in [0.25, 0.3) is 0 Å². The van der Waals surface area contributed by atoms with Crippen LogP contribution in [0.2, 0.25) is 0 Å². The van der Waals surface area contributed by atoms with Crippen LogP contribution < -0.4 is 0 Å². The van der Waals surface area contributed by atoms with Gasteiger partial charge in [0.15, 0.2) is 12.6 Å². The van der Waals surface area contributed by atoms with Gasteiger partial charge in [0.05, 0.1) is 46.2 Å². The van der Waals surface area contributed by atoms with Crippen molar-refractivity contribution in [2.75, 3.05) is 20.3 Å². The fraction of sp³-hybridized carbons (Fsp3) is 0.412. The molecule has 2 N–H and O–H groups in total. The normalized spacial score (nSPS) is 30.1. The van der Waals surface area contributed by atoms with Gasteiger partial charge in [-0.15, -0.1) is 0 Å². The molecule has 0 bridgehead atoms. The van der Waals surface area contributed by atoms with Gasteiger partial charge in [-0.05, 0) is 27.8 Å². The van der Waals surface area contributed by atoms with Crippen molar-refractivity contribution in [3.05, 3.63) is 179 Å². The van der Waals surface area contributed by atoms with E-state index in [2.05, 4.69) is 0 Å². The van der Waals surface area contributed by atoms with Crippen LogP contribution in [0.1, 0.15) is 41.7 Å². The lowest BCUT2D eigenvalue weighted by molar-refractivity contribution is -0.371. The van der Waals surface area contributed by atoms with Gasteiger partial charge in [-0.3, -0.25) is 0 Å². The summed E-state index contributed by atoms with van der Waals surface area (Å²) in [6.45, 7) is 4.86. The van der Waals surface area contributed by atoms with Gasteiger partial charge in [0.25, 0.3) is 0 Å². The number of benzene rings is 5. The van der Waals surface area contributed by atoms with Gasteiger partial charge in [-0.1, -0.05) is 166 Å². The molecule has 0 amide bonds. The van der Waals surface area contributed by atoms with E-state index in [1.54, 1.807) is 7.11 Å². The van der Waals surface area contributed by atoms with Crippen LogP contribution in [0.5, 0.6) is 0 Å². The SMILES string of the molecule is CO[C@@H]1O[C@H](COCc2ccccc2)[C@@H](O[C@@H]2O[C@H](COCc3ccccc3)[C@@]3(O)C(C)(C)[C@@]3(O)[C@H]2OCc2ccccc2)[C@H](OCc2ccccc2)[C@H]1OCc1ccccc1. The molecular weight excluding hydrogens is 789 g/mol. The van der Waals surface area contributed by atoms with Crippen molar-refractivity contribution < 1.29 is 52.8 Å². The molecule has 11 nitrogen and oxygen atoms in total. The molecular formula is C51H58O11. The molecule has 328 valence electrons. The average Bonchev–Trinajstić information content (AvgIpc) is 3.69. The fourth-order valence-electron chi connectivity index (χ4n) is 9.01. The third-order valence-electron chi connectivity index (χ3n) is 12.6. The molecule has 2 heterocycles. The zero-order valence-corrected chi connectivity index (χ0v) is 35.6. The molecule has 2 saturated heterocycles. The van der Waals surface area contributed by atoms with Crippen LogP contribution in [-0.2, 0) is 75.7 Å². The third-order valence-corrected chi connectivity index (χ3v) is 12.6. The smallest absolute Gasteiger partial charge is 0.187 e. The quantitative estimate of drug-likeness (QED) is 0.0830. The second kappa shape index (κ2) is 20.0. The minimum atomic E-state index is -1.81. The Balaban J connectivity index is 1.15. The molecule has 1 aliphatic carbocycles. The van der Waals surface area contributed by atoms with E-state index in [0.29, 0.717) is 6.61 Å². The van der Waals surface area contributed by atoms with Gasteiger partial charge in [-0.25, -0.2) is 0 Å². The molecule has 2 aliphatic heterocycles. The van der Waals surface area contributed by atoms with Crippen LogP contribution in [0, 0.1) is 5.41 Å². The van der Waals surface area contributed by atoms with Gasteiger partial charge < -0.3 is 52.8 Å². The lowest BCUT2D eigenvalue weighted by Crippen LogP contribution is -2.66. The maximum Gasteiger partial charge on any atom is 0.187 e. The Hall–Kier alpha value is -4.34. The van der Waals surface area contributed by atoms with E-state index in [1.165, 1.54) is 0 Å². The minimum Gasteiger partial charge on any atom is -0.383 e. The Morgan fingerprint density at radius 2 is 0.887 bits per heavy atom. The van der Waals surface area contributed by atoms with Crippen LogP contribution in [0.3, 0.4) is 0 Å². The summed E-state index contributed by atoms with van der Waals surface area (Å²) in [5, 5.41) is 25.3. The number of aliphatic hydroxyl groups is 2. The topological polar surface area (TPSA) is 124 Å². The molecule has 11 heteroatoms. The highest BCUT2D eigenvalue weighted by Gasteiger charge is 2.91. The summed E-state index contributed by atoms with van der Waals surface area (Å²) in [5.74, 6) is 0. The number of rotatable bonds is 20. The van der Waals surface area contributed by atoms with E-state index in [4.69, 9.17) is 42.6 Å². The third kappa shape index (κ3) is 9.31. The summed E-state index contributed by atoms with van der Waals surface area (Å²) in [4.78, 5) is 0. The van der Waals surface area contributed by atoms with E-state index >= 15 is 0 Å². The first-order valence-corrected chi connectivity index (χ1v) is 21.4.